The highest BCUT2D eigenvalue weighted by molar-refractivity contribution is 6.74. The Morgan fingerprint density at radius 2 is 1.44 bits per heavy atom. The van der Waals surface area contributed by atoms with Gasteiger partial charge in [0.15, 0.2) is 8.32 Å². The number of hydrogen-bond donors (Lipinski definition) is 2. The van der Waals surface area contributed by atoms with Crippen LogP contribution >= 0.6 is 0 Å². The molecule has 0 saturated heterocycles. The van der Waals surface area contributed by atoms with E-state index in [2.05, 4.69) is 44.5 Å². The molecule has 0 bridgehead atoms. The fourth-order valence-corrected chi connectivity index (χ4v) is 4.34. The first-order valence-corrected chi connectivity index (χ1v) is 14.9. The molecule has 8 heteroatoms. The van der Waals surface area contributed by atoms with E-state index < -0.39 is 32.5 Å². The highest BCUT2D eigenvalue weighted by Gasteiger charge is 2.42. The molecule has 5 atom stereocenters. The van der Waals surface area contributed by atoms with E-state index in [0.717, 1.165) is 12.8 Å². The minimum Gasteiger partial charge on any atom is -0.467 e. The van der Waals surface area contributed by atoms with Crippen molar-refractivity contribution < 1.29 is 23.5 Å². The SMILES string of the molecule is CCC[C@H](NC(=O)[C@@H](NC(=O)[C@H](O[Si](C)(C)C(C)(C)C)[C@H](C)CC)C(C)CC)C(=O)OC. The lowest BCUT2D eigenvalue weighted by Gasteiger charge is -2.40. The number of methoxy groups -OCH3 is 1. The van der Waals surface area contributed by atoms with E-state index in [-0.39, 0.29) is 28.7 Å². The predicted octanol–water partition coefficient (Wildman–Crippen LogP) is 4.41. The molecule has 188 valence electrons. The average molecular weight is 473 g/mol. The van der Waals surface area contributed by atoms with Crippen molar-refractivity contribution >= 4 is 26.1 Å². The molecule has 1 unspecified atom stereocenters. The molecule has 2 N–H and O–H groups in total. The van der Waals surface area contributed by atoms with Crippen molar-refractivity contribution in [3.8, 4) is 0 Å². The first-order chi connectivity index (χ1) is 14.7. The molecular weight excluding hydrogens is 424 g/mol. The van der Waals surface area contributed by atoms with E-state index >= 15 is 0 Å². The van der Waals surface area contributed by atoms with Crippen molar-refractivity contribution in [1.82, 2.24) is 10.6 Å². The standard InChI is InChI=1S/C24H48N2O5Si/c1-12-15-18(23(29)30-9)25-21(27)19(16(4)13-2)26-22(28)20(17(5)14-3)31-32(10,11)24(6,7)8/h16-20H,12-15H2,1-11H3,(H,25,27)(H,26,28)/t16?,17-,18+,19+,20-/m1/s1. The van der Waals surface area contributed by atoms with Gasteiger partial charge in [-0.1, -0.05) is 74.7 Å². The molecule has 0 aromatic heterocycles. The van der Waals surface area contributed by atoms with Crippen LogP contribution in [0.25, 0.3) is 0 Å². The lowest BCUT2D eigenvalue weighted by molar-refractivity contribution is -0.146. The second-order valence-electron chi connectivity index (χ2n) is 10.4. The minimum absolute atomic E-state index is 0.00711. The largest absolute Gasteiger partial charge is 0.467 e. The van der Waals surface area contributed by atoms with Gasteiger partial charge in [-0.3, -0.25) is 9.59 Å². The van der Waals surface area contributed by atoms with Gasteiger partial charge in [0, 0.05) is 0 Å². The molecule has 0 radical (unpaired) electrons. The Balaban J connectivity index is 5.75. The molecule has 0 aliphatic carbocycles. The van der Waals surface area contributed by atoms with Gasteiger partial charge in [-0.05, 0) is 36.4 Å². The molecular formula is C24H48N2O5Si. The topological polar surface area (TPSA) is 93.7 Å². The lowest BCUT2D eigenvalue weighted by Crippen LogP contribution is -2.58. The van der Waals surface area contributed by atoms with Crippen LogP contribution in [0.15, 0.2) is 0 Å². The number of carbonyl (C=O) groups is 3. The Labute approximate surface area is 196 Å². The van der Waals surface area contributed by atoms with Crippen LogP contribution in [0.4, 0.5) is 0 Å². The zero-order valence-electron chi connectivity index (χ0n) is 22.3. The smallest absolute Gasteiger partial charge is 0.328 e. The molecule has 0 aliphatic rings. The normalized spacial score (nSPS) is 17.0. The Kier molecular flexibility index (Phi) is 12.7. The van der Waals surface area contributed by atoms with Gasteiger partial charge in [0.2, 0.25) is 11.8 Å². The fourth-order valence-electron chi connectivity index (χ4n) is 3.02. The van der Waals surface area contributed by atoms with Crippen LogP contribution in [0.1, 0.15) is 81.1 Å². The highest BCUT2D eigenvalue weighted by Crippen LogP contribution is 2.38. The maximum atomic E-state index is 13.4. The molecule has 7 nitrogen and oxygen atoms in total. The summed E-state index contributed by atoms with van der Waals surface area (Å²) >= 11 is 0. The van der Waals surface area contributed by atoms with Crippen molar-refractivity contribution in [2.24, 2.45) is 11.8 Å². The maximum Gasteiger partial charge on any atom is 0.328 e. The predicted molar refractivity (Wildman–Crippen MR) is 132 cm³/mol. The molecule has 0 spiro atoms. The fraction of sp³-hybridized carbons (Fsp3) is 0.875. The summed E-state index contributed by atoms with van der Waals surface area (Å²) in [4.78, 5) is 38.6. The third-order valence-electron chi connectivity index (χ3n) is 6.82. The van der Waals surface area contributed by atoms with Crippen LogP contribution in [0, 0.1) is 11.8 Å². The monoisotopic (exact) mass is 472 g/mol. The summed E-state index contributed by atoms with van der Waals surface area (Å²) in [5.74, 6) is -1.22. The number of hydrogen-bond acceptors (Lipinski definition) is 5. The van der Waals surface area contributed by atoms with Gasteiger partial charge in [0.25, 0.3) is 0 Å². The van der Waals surface area contributed by atoms with Gasteiger partial charge in [0.1, 0.15) is 18.2 Å². The van der Waals surface area contributed by atoms with Crippen LogP contribution in [-0.4, -0.2) is 51.4 Å². The average Bonchev–Trinajstić information content (AvgIpc) is 2.72. The van der Waals surface area contributed by atoms with Crippen LogP contribution in [0.2, 0.25) is 18.1 Å². The number of rotatable bonds is 13. The first kappa shape index (κ1) is 30.6. The lowest BCUT2D eigenvalue weighted by atomic mass is 9.96. The Morgan fingerprint density at radius 3 is 1.84 bits per heavy atom. The third-order valence-corrected chi connectivity index (χ3v) is 11.3. The quantitative estimate of drug-likeness (QED) is 0.306. The molecule has 2 amide bonds. The molecule has 0 aliphatic heterocycles. The number of nitrogens with one attached hydrogen (secondary N) is 2. The molecule has 0 rings (SSSR count). The summed E-state index contributed by atoms with van der Waals surface area (Å²) in [6, 6.07) is -1.49. The molecule has 0 saturated carbocycles. The van der Waals surface area contributed by atoms with Crippen LogP contribution in [0.3, 0.4) is 0 Å². The van der Waals surface area contributed by atoms with Gasteiger partial charge in [-0.25, -0.2) is 4.79 Å². The molecule has 0 aromatic rings. The van der Waals surface area contributed by atoms with Gasteiger partial charge in [-0.2, -0.15) is 0 Å². The van der Waals surface area contributed by atoms with Crippen molar-refractivity contribution in [2.45, 2.75) is 117 Å². The molecule has 0 aromatic carbocycles. The van der Waals surface area contributed by atoms with Gasteiger partial charge in [0.05, 0.1) is 7.11 Å². The Morgan fingerprint density at radius 1 is 0.906 bits per heavy atom. The number of amides is 2. The summed E-state index contributed by atoms with van der Waals surface area (Å²) in [6.45, 7) is 20.5. The van der Waals surface area contributed by atoms with Crippen molar-refractivity contribution in [1.29, 1.82) is 0 Å². The van der Waals surface area contributed by atoms with Crippen molar-refractivity contribution in [2.75, 3.05) is 7.11 Å². The summed E-state index contributed by atoms with van der Waals surface area (Å²) in [6.07, 6.45) is 2.05. The molecule has 0 heterocycles. The van der Waals surface area contributed by atoms with E-state index in [1.54, 1.807) is 0 Å². The van der Waals surface area contributed by atoms with E-state index in [1.807, 2.05) is 34.6 Å². The van der Waals surface area contributed by atoms with Crippen LogP contribution in [-0.2, 0) is 23.5 Å². The highest BCUT2D eigenvalue weighted by atomic mass is 28.4. The van der Waals surface area contributed by atoms with E-state index in [1.165, 1.54) is 7.11 Å². The van der Waals surface area contributed by atoms with E-state index in [4.69, 9.17) is 9.16 Å². The Bertz CT molecular complexity index is 618. The number of carbonyl (C=O) groups excluding carboxylic acids is 3. The summed E-state index contributed by atoms with van der Waals surface area (Å²) < 4.78 is 11.3. The van der Waals surface area contributed by atoms with Gasteiger partial charge < -0.3 is 19.8 Å². The maximum absolute atomic E-state index is 13.4. The van der Waals surface area contributed by atoms with E-state index in [0.29, 0.717) is 12.8 Å². The second kappa shape index (κ2) is 13.3. The first-order valence-electron chi connectivity index (χ1n) is 12.0. The zero-order chi connectivity index (χ0) is 25.3. The Hall–Kier alpha value is -1.41. The van der Waals surface area contributed by atoms with Crippen molar-refractivity contribution in [3.63, 3.8) is 0 Å². The van der Waals surface area contributed by atoms with Crippen molar-refractivity contribution in [3.05, 3.63) is 0 Å². The summed E-state index contributed by atoms with van der Waals surface area (Å²) in [5, 5.41) is 5.70. The zero-order valence-corrected chi connectivity index (χ0v) is 23.3. The van der Waals surface area contributed by atoms with Gasteiger partial charge in [-0.15, -0.1) is 0 Å². The van der Waals surface area contributed by atoms with E-state index in [9.17, 15) is 14.4 Å². The van der Waals surface area contributed by atoms with Gasteiger partial charge >= 0.3 is 5.97 Å². The summed E-state index contributed by atoms with van der Waals surface area (Å²) in [7, 11) is -0.897. The number of ether oxygens (including phenoxy) is 1. The summed E-state index contributed by atoms with van der Waals surface area (Å²) in [5.41, 5.74) is 0. The second-order valence-corrected chi connectivity index (χ2v) is 15.2. The molecule has 32 heavy (non-hydrogen) atoms. The van der Waals surface area contributed by atoms with Crippen LogP contribution in [0.5, 0.6) is 0 Å². The minimum atomic E-state index is -2.20. The van der Waals surface area contributed by atoms with Crippen LogP contribution < -0.4 is 10.6 Å². The number of esters is 1. The molecule has 0 fully saturated rings. The third kappa shape index (κ3) is 8.85.